The van der Waals surface area contributed by atoms with Crippen molar-refractivity contribution in [3.63, 3.8) is 0 Å². The molecule has 0 heterocycles. The average molecular weight is 261 g/mol. The lowest BCUT2D eigenvalue weighted by Crippen LogP contribution is -2.34. The molecule has 0 bridgehead atoms. The lowest BCUT2D eigenvalue weighted by Gasteiger charge is -2.24. The van der Waals surface area contributed by atoms with E-state index in [4.69, 9.17) is 10.7 Å². The van der Waals surface area contributed by atoms with Gasteiger partial charge in [0.15, 0.2) is 0 Å². The molecule has 90 valence electrons. The summed E-state index contributed by atoms with van der Waals surface area (Å²) in [6.07, 6.45) is 4.23. The van der Waals surface area contributed by atoms with E-state index in [9.17, 15) is 17.2 Å². The molecule has 0 aromatic carbocycles. The Morgan fingerprint density at radius 1 is 1.13 bits per heavy atom. The van der Waals surface area contributed by atoms with E-state index in [0.29, 0.717) is 12.8 Å². The van der Waals surface area contributed by atoms with E-state index in [1.165, 1.54) is 0 Å². The molecule has 1 saturated carbocycles. The third-order valence-corrected chi connectivity index (χ3v) is 3.87. The molecule has 0 atom stereocenters. The molecule has 15 heavy (non-hydrogen) atoms. The first-order valence-corrected chi connectivity index (χ1v) is 7.59. The van der Waals surface area contributed by atoms with Gasteiger partial charge in [0.25, 0.3) is 5.92 Å². The molecule has 0 saturated heterocycles. The van der Waals surface area contributed by atoms with Gasteiger partial charge in [-0.1, -0.05) is 25.7 Å². The summed E-state index contributed by atoms with van der Waals surface area (Å²) < 4.78 is 48.4. The molecule has 2 nitrogen and oxygen atoms in total. The third kappa shape index (κ3) is 4.64. The molecule has 0 aromatic rings. The first kappa shape index (κ1) is 13.2. The molecule has 1 aliphatic carbocycles. The molecule has 0 N–H and O–H groups in total. The second kappa shape index (κ2) is 4.95. The summed E-state index contributed by atoms with van der Waals surface area (Å²) in [5, 5.41) is 0. The topological polar surface area (TPSA) is 34.1 Å². The van der Waals surface area contributed by atoms with Crippen molar-refractivity contribution in [2.75, 3.05) is 5.75 Å². The van der Waals surface area contributed by atoms with Crippen LogP contribution in [-0.2, 0) is 9.05 Å². The summed E-state index contributed by atoms with van der Waals surface area (Å²) in [6.45, 7) is 0. The van der Waals surface area contributed by atoms with Gasteiger partial charge < -0.3 is 0 Å². The number of hydrogen-bond acceptors (Lipinski definition) is 2. The molecule has 0 spiro atoms. The SMILES string of the molecule is O=S(=O)(Cl)CC(F)(F)C1CCCCCC1. The van der Waals surface area contributed by atoms with Gasteiger partial charge in [0.1, 0.15) is 5.75 Å². The molecule has 1 aliphatic rings. The van der Waals surface area contributed by atoms with Crippen molar-refractivity contribution in [2.45, 2.75) is 44.4 Å². The second-order valence-electron chi connectivity index (χ2n) is 4.13. The average Bonchev–Trinajstić information content (AvgIpc) is 2.25. The summed E-state index contributed by atoms with van der Waals surface area (Å²) >= 11 is 0. The van der Waals surface area contributed by atoms with Crippen molar-refractivity contribution in [3.05, 3.63) is 0 Å². The zero-order chi connectivity index (χ0) is 11.5. The van der Waals surface area contributed by atoms with Gasteiger partial charge in [-0.3, -0.25) is 0 Å². The van der Waals surface area contributed by atoms with Crippen LogP contribution in [-0.4, -0.2) is 20.1 Å². The van der Waals surface area contributed by atoms with Gasteiger partial charge in [0.2, 0.25) is 9.05 Å². The zero-order valence-electron chi connectivity index (χ0n) is 8.39. The minimum absolute atomic E-state index is 0.402. The fourth-order valence-electron chi connectivity index (χ4n) is 2.05. The predicted octanol–water partition coefficient (Wildman–Crippen LogP) is 3.16. The maximum Gasteiger partial charge on any atom is 0.265 e. The van der Waals surface area contributed by atoms with E-state index < -0.39 is 26.6 Å². The number of hydrogen-bond donors (Lipinski definition) is 0. The van der Waals surface area contributed by atoms with Crippen molar-refractivity contribution < 1.29 is 17.2 Å². The van der Waals surface area contributed by atoms with Gasteiger partial charge in [-0.25, -0.2) is 17.2 Å². The van der Waals surface area contributed by atoms with E-state index in [0.717, 1.165) is 25.7 Å². The third-order valence-electron chi connectivity index (χ3n) is 2.82. The number of halogens is 3. The molecule has 0 amide bonds. The molecule has 6 heteroatoms. The monoisotopic (exact) mass is 260 g/mol. The molecule has 1 rings (SSSR count). The van der Waals surface area contributed by atoms with E-state index in [2.05, 4.69) is 0 Å². The summed E-state index contributed by atoms with van der Waals surface area (Å²) in [6, 6.07) is 0. The van der Waals surface area contributed by atoms with Crippen LogP contribution in [0.3, 0.4) is 0 Å². The molecule has 0 aliphatic heterocycles. The zero-order valence-corrected chi connectivity index (χ0v) is 9.96. The smallest absolute Gasteiger partial charge is 0.212 e. The first-order chi connectivity index (χ1) is 6.81. The maximum absolute atomic E-state index is 13.5. The molecule has 1 fully saturated rings. The van der Waals surface area contributed by atoms with E-state index >= 15 is 0 Å². The number of alkyl halides is 2. The molecule has 0 radical (unpaired) electrons. The first-order valence-electron chi connectivity index (χ1n) is 5.11. The summed E-state index contributed by atoms with van der Waals surface area (Å²) in [5.41, 5.74) is 0. The van der Waals surface area contributed by atoms with E-state index in [-0.39, 0.29) is 0 Å². The summed E-state index contributed by atoms with van der Waals surface area (Å²) in [5.74, 6) is -5.23. The van der Waals surface area contributed by atoms with Crippen LogP contribution in [0.25, 0.3) is 0 Å². The Bertz CT molecular complexity index is 295. The van der Waals surface area contributed by atoms with Gasteiger partial charge in [-0.2, -0.15) is 0 Å². The van der Waals surface area contributed by atoms with Crippen LogP contribution in [0.5, 0.6) is 0 Å². The molecule has 0 unspecified atom stereocenters. The molecular weight excluding hydrogens is 246 g/mol. The number of rotatable bonds is 3. The standard InChI is InChI=1S/C9H15ClF2O2S/c10-15(13,14)7-9(11,12)8-5-3-1-2-4-6-8/h8H,1-7H2. The Morgan fingerprint density at radius 3 is 2.00 bits per heavy atom. The van der Waals surface area contributed by atoms with Gasteiger partial charge in [-0.15, -0.1) is 0 Å². The normalized spacial score (nSPS) is 21.3. The lowest BCUT2D eigenvalue weighted by molar-refractivity contribution is -0.0412. The van der Waals surface area contributed by atoms with Crippen LogP contribution >= 0.6 is 10.7 Å². The Hall–Kier alpha value is 0.1000. The largest absolute Gasteiger partial charge is 0.265 e. The van der Waals surface area contributed by atoms with Crippen molar-refractivity contribution >= 4 is 19.7 Å². The van der Waals surface area contributed by atoms with E-state index in [1.54, 1.807) is 0 Å². The quantitative estimate of drug-likeness (QED) is 0.577. The van der Waals surface area contributed by atoms with Gasteiger partial charge >= 0.3 is 0 Å². The van der Waals surface area contributed by atoms with Crippen LogP contribution in [0.4, 0.5) is 8.78 Å². The van der Waals surface area contributed by atoms with Gasteiger partial charge in [0, 0.05) is 16.6 Å². The van der Waals surface area contributed by atoms with Crippen LogP contribution in [0.1, 0.15) is 38.5 Å². The van der Waals surface area contributed by atoms with Gasteiger partial charge in [0.05, 0.1) is 0 Å². The maximum atomic E-state index is 13.5. The minimum atomic E-state index is -4.12. The highest BCUT2D eigenvalue weighted by molar-refractivity contribution is 8.13. The van der Waals surface area contributed by atoms with E-state index in [1.807, 2.05) is 0 Å². The van der Waals surface area contributed by atoms with Crippen LogP contribution in [0.2, 0.25) is 0 Å². The van der Waals surface area contributed by atoms with Crippen molar-refractivity contribution in [2.24, 2.45) is 5.92 Å². The highest BCUT2D eigenvalue weighted by Gasteiger charge is 2.42. The summed E-state index contributed by atoms with van der Waals surface area (Å²) in [7, 11) is 0.749. The Kier molecular flexibility index (Phi) is 4.35. The van der Waals surface area contributed by atoms with Gasteiger partial charge in [-0.05, 0) is 12.8 Å². The Balaban J connectivity index is 2.66. The van der Waals surface area contributed by atoms with Crippen LogP contribution < -0.4 is 0 Å². The summed E-state index contributed by atoms with van der Waals surface area (Å²) in [4.78, 5) is 0. The minimum Gasteiger partial charge on any atom is -0.212 e. The lowest BCUT2D eigenvalue weighted by atomic mass is 9.94. The highest BCUT2D eigenvalue weighted by Crippen LogP contribution is 2.37. The van der Waals surface area contributed by atoms with Crippen molar-refractivity contribution in [1.29, 1.82) is 0 Å². The molecular formula is C9H15ClF2O2S. The van der Waals surface area contributed by atoms with Crippen molar-refractivity contribution in [1.82, 2.24) is 0 Å². The van der Waals surface area contributed by atoms with Crippen molar-refractivity contribution in [3.8, 4) is 0 Å². The highest BCUT2D eigenvalue weighted by atomic mass is 35.7. The Labute approximate surface area is 93.4 Å². The van der Waals surface area contributed by atoms with Crippen LogP contribution in [0.15, 0.2) is 0 Å². The van der Waals surface area contributed by atoms with Crippen LogP contribution in [0, 0.1) is 5.92 Å². The Morgan fingerprint density at radius 2 is 1.60 bits per heavy atom. The fraction of sp³-hybridized carbons (Fsp3) is 1.00. The second-order valence-corrected chi connectivity index (χ2v) is 6.91. The predicted molar refractivity (Wildman–Crippen MR) is 55.8 cm³/mol. The fourth-order valence-corrected chi connectivity index (χ4v) is 3.18. The molecule has 0 aromatic heterocycles.